The van der Waals surface area contributed by atoms with Crippen molar-refractivity contribution in [3.05, 3.63) is 99.1 Å². The Labute approximate surface area is 249 Å². The van der Waals surface area contributed by atoms with Crippen LogP contribution in [-0.2, 0) is 11.2 Å². The molecule has 2 aromatic heterocycles. The zero-order valence-corrected chi connectivity index (χ0v) is 24.5. The van der Waals surface area contributed by atoms with Gasteiger partial charge in [-0.15, -0.1) is 0 Å². The maximum Gasteiger partial charge on any atom is 0.333 e. The summed E-state index contributed by atoms with van der Waals surface area (Å²) in [6.07, 6.45) is 4.84. The van der Waals surface area contributed by atoms with Gasteiger partial charge in [-0.05, 0) is 80.4 Å². The highest BCUT2D eigenvalue weighted by molar-refractivity contribution is 7.99. The second kappa shape index (κ2) is 12.4. The second-order valence-corrected chi connectivity index (χ2v) is 13.5. The molecule has 218 valence electrons. The molecule has 8 nitrogen and oxygen atoms in total. The third-order valence-electron chi connectivity index (χ3n) is 8.14. The van der Waals surface area contributed by atoms with Gasteiger partial charge < -0.3 is 9.87 Å². The van der Waals surface area contributed by atoms with Crippen LogP contribution in [0.3, 0.4) is 0 Å². The van der Waals surface area contributed by atoms with Gasteiger partial charge in [-0.3, -0.25) is 18.7 Å². The Morgan fingerprint density at radius 2 is 1.60 bits per heavy atom. The number of fused-ring (bicyclic) bond motifs is 1. The van der Waals surface area contributed by atoms with Crippen molar-refractivity contribution in [2.45, 2.75) is 66.4 Å². The number of carbonyl (C=O) groups is 1. The smallest absolute Gasteiger partial charge is 0.333 e. The molecule has 0 radical (unpaired) electrons. The van der Waals surface area contributed by atoms with E-state index in [-0.39, 0.29) is 40.8 Å². The Morgan fingerprint density at radius 3 is 2.33 bits per heavy atom. The number of aromatic nitrogens is 3. The van der Waals surface area contributed by atoms with Crippen molar-refractivity contribution in [2.75, 3.05) is 11.5 Å². The number of carbonyl (C=O) groups excluding carboxylic acids is 1. The minimum absolute atomic E-state index is 0.0892. The molecular weight excluding hydrogens is 575 g/mol. The van der Waals surface area contributed by atoms with Crippen molar-refractivity contribution in [1.29, 1.82) is 0 Å². The standard InChI is InChI=1S/C31H31FN4O4S2/c32-21-18-27-28(33-19-21)35(24-13-15-41-16-14-24)31(39)36(30(27)38)23-11-9-22(10-12-23)34-29(37)20-5-4-8-26(17-20)42(40)25-6-2-1-3-7-25/h1-8,17-19,22-24H,9-16H2,(H,34,37)/t22-,23+,42?. The van der Waals surface area contributed by atoms with Gasteiger partial charge in [0.2, 0.25) is 0 Å². The Hall–Kier alpha value is -3.41. The maximum absolute atomic E-state index is 14.2. The van der Waals surface area contributed by atoms with Crippen LogP contribution in [0.1, 0.15) is 61.0 Å². The van der Waals surface area contributed by atoms with Gasteiger partial charge in [0.15, 0.2) is 9.79 Å². The molecule has 1 saturated heterocycles. The van der Waals surface area contributed by atoms with E-state index in [0.717, 1.165) is 30.5 Å². The zero-order valence-electron chi connectivity index (χ0n) is 22.9. The van der Waals surface area contributed by atoms with Crippen LogP contribution in [0.25, 0.3) is 11.0 Å². The molecule has 2 fully saturated rings. The van der Waals surface area contributed by atoms with E-state index in [1.54, 1.807) is 41.0 Å². The number of thioether (sulfide) groups is 1. The van der Waals surface area contributed by atoms with Gasteiger partial charge in [0.1, 0.15) is 11.5 Å². The Morgan fingerprint density at radius 1 is 0.905 bits per heavy atom. The molecule has 3 heterocycles. The van der Waals surface area contributed by atoms with E-state index in [0.29, 0.717) is 41.0 Å². The first-order valence-electron chi connectivity index (χ1n) is 14.2. The first kappa shape index (κ1) is 28.7. The molecule has 0 spiro atoms. The number of hydrogen-bond acceptors (Lipinski definition) is 6. The molecule has 4 aromatic rings. The fourth-order valence-electron chi connectivity index (χ4n) is 5.98. The number of nitrogens with one attached hydrogen (secondary N) is 1. The van der Waals surface area contributed by atoms with Gasteiger partial charge in [-0.2, -0.15) is 11.8 Å². The molecule has 1 unspecified atom stereocenters. The maximum atomic E-state index is 14.2. The monoisotopic (exact) mass is 606 g/mol. The summed E-state index contributed by atoms with van der Waals surface area (Å²) in [5, 5.41) is 3.19. The zero-order chi connectivity index (χ0) is 29.2. The van der Waals surface area contributed by atoms with E-state index in [9.17, 15) is 23.3 Å². The molecule has 6 rings (SSSR count). The first-order valence-corrected chi connectivity index (χ1v) is 16.5. The van der Waals surface area contributed by atoms with Crippen molar-refractivity contribution in [1.82, 2.24) is 19.4 Å². The average Bonchev–Trinajstić information content (AvgIpc) is 3.03. The van der Waals surface area contributed by atoms with E-state index in [4.69, 9.17) is 0 Å². The van der Waals surface area contributed by atoms with Crippen LogP contribution in [0, 0.1) is 5.82 Å². The van der Waals surface area contributed by atoms with Gasteiger partial charge in [0, 0.05) is 40.9 Å². The highest BCUT2D eigenvalue weighted by Gasteiger charge is 2.30. The van der Waals surface area contributed by atoms with Gasteiger partial charge in [-0.1, -0.05) is 24.3 Å². The summed E-state index contributed by atoms with van der Waals surface area (Å²) < 4.78 is 30.0. The van der Waals surface area contributed by atoms with Gasteiger partial charge in [0.05, 0.1) is 11.6 Å². The van der Waals surface area contributed by atoms with E-state index in [1.165, 1.54) is 10.6 Å². The fraction of sp³-hybridized carbons (Fsp3) is 0.355. The lowest BCUT2D eigenvalue weighted by molar-refractivity contribution is 0.0921. The molecule has 2 aromatic carbocycles. The number of pyridine rings is 1. The van der Waals surface area contributed by atoms with Crippen LogP contribution in [0.15, 0.2) is 86.2 Å². The van der Waals surface area contributed by atoms with Crippen molar-refractivity contribution in [2.24, 2.45) is 0 Å². The summed E-state index contributed by atoms with van der Waals surface area (Å²) >= 11 is 0.433. The van der Waals surface area contributed by atoms with Crippen LogP contribution >= 0.6 is 11.8 Å². The summed E-state index contributed by atoms with van der Waals surface area (Å²) in [6, 6.07) is 16.5. The van der Waals surface area contributed by atoms with Crippen molar-refractivity contribution in [3.63, 3.8) is 0 Å². The number of hydrogen-bond donors (Lipinski definition) is 1. The highest BCUT2D eigenvalue weighted by Crippen LogP contribution is 2.30. The quantitative estimate of drug-likeness (QED) is 0.315. The molecule has 11 heteroatoms. The van der Waals surface area contributed by atoms with Crippen LogP contribution < -0.4 is 16.6 Å². The molecule has 1 saturated carbocycles. The van der Waals surface area contributed by atoms with E-state index < -0.39 is 22.6 Å². The second-order valence-electron chi connectivity index (χ2n) is 10.8. The van der Waals surface area contributed by atoms with Gasteiger partial charge in [0.25, 0.3) is 11.5 Å². The Balaban J connectivity index is 1.19. The molecule has 1 N–H and O–H groups in total. The third-order valence-corrected chi connectivity index (χ3v) is 10.6. The summed E-state index contributed by atoms with van der Waals surface area (Å²) in [5.41, 5.74) is -0.234. The molecule has 1 aliphatic heterocycles. The fourth-order valence-corrected chi connectivity index (χ4v) is 8.17. The lowest BCUT2D eigenvalue weighted by atomic mass is 9.90. The average molecular weight is 607 g/mol. The Kier molecular flexibility index (Phi) is 8.50. The normalized spacial score (nSPS) is 20.3. The van der Waals surface area contributed by atoms with Crippen LogP contribution in [-0.4, -0.2) is 42.1 Å². The number of nitrogens with zero attached hydrogens (tertiary/aromatic N) is 3. The lowest BCUT2D eigenvalue weighted by Crippen LogP contribution is -2.46. The van der Waals surface area contributed by atoms with Crippen LogP contribution in [0.5, 0.6) is 0 Å². The minimum Gasteiger partial charge on any atom is -0.606 e. The topological polar surface area (TPSA) is 109 Å². The molecular formula is C31H31FN4O4S2. The molecule has 1 amide bonds. The number of benzene rings is 2. The molecule has 1 aliphatic carbocycles. The van der Waals surface area contributed by atoms with Gasteiger partial charge in [-0.25, -0.2) is 14.2 Å². The van der Waals surface area contributed by atoms with Crippen molar-refractivity contribution < 1.29 is 13.7 Å². The number of amides is 1. The predicted octanol–water partition coefficient (Wildman–Crippen LogP) is 4.85. The first-order chi connectivity index (χ1) is 20.4. The van der Waals surface area contributed by atoms with E-state index in [1.807, 2.05) is 30.0 Å². The predicted molar refractivity (Wildman–Crippen MR) is 162 cm³/mol. The van der Waals surface area contributed by atoms with E-state index >= 15 is 0 Å². The SMILES string of the molecule is O=C(N[C@H]1CC[C@@H](n2c(=O)c3cc(F)cnc3n(C3CCSCC3)c2=O)CC1)c1cccc([S+]([O-])c2ccccc2)c1. The summed E-state index contributed by atoms with van der Waals surface area (Å²) in [6.45, 7) is 0. The van der Waals surface area contributed by atoms with E-state index in [2.05, 4.69) is 10.3 Å². The molecule has 0 bridgehead atoms. The molecule has 42 heavy (non-hydrogen) atoms. The number of rotatable bonds is 6. The number of halogens is 1. The summed E-state index contributed by atoms with van der Waals surface area (Å²) in [5.74, 6) is 0.954. The van der Waals surface area contributed by atoms with Crippen LogP contribution in [0.4, 0.5) is 4.39 Å². The van der Waals surface area contributed by atoms with Crippen molar-refractivity contribution in [3.8, 4) is 0 Å². The van der Waals surface area contributed by atoms with Crippen molar-refractivity contribution >= 4 is 39.9 Å². The summed E-state index contributed by atoms with van der Waals surface area (Å²) in [7, 11) is 0. The third kappa shape index (κ3) is 5.77. The molecule has 1 atom stereocenters. The Bertz CT molecular complexity index is 1710. The molecule has 2 aliphatic rings. The van der Waals surface area contributed by atoms with Crippen LogP contribution in [0.2, 0.25) is 0 Å². The largest absolute Gasteiger partial charge is 0.606 e. The van der Waals surface area contributed by atoms with Gasteiger partial charge >= 0.3 is 5.69 Å². The highest BCUT2D eigenvalue weighted by atomic mass is 32.2. The lowest BCUT2D eigenvalue weighted by Gasteiger charge is -2.31. The minimum atomic E-state index is -1.40. The summed E-state index contributed by atoms with van der Waals surface area (Å²) in [4.78, 5) is 45.8.